The molecule has 114 valence electrons. The van der Waals surface area contributed by atoms with E-state index in [0.29, 0.717) is 16.4 Å². The molecule has 1 aliphatic carbocycles. The first-order chi connectivity index (χ1) is 10.6. The average molecular weight is 320 g/mol. The fraction of sp³-hybridized carbons (Fsp3) is 0.267. The predicted molar refractivity (Wildman–Crippen MR) is 79.9 cm³/mol. The molecule has 1 N–H and O–H groups in total. The Bertz CT molecular complexity index is 729. The molecule has 0 radical (unpaired) electrons. The molecule has 1 aliphatic rings. The van der Waals surface area contributed by atoms with Crippen molar-refractivity contribution in [2.75, 3.05) is 11.9 Å². The molecule has 0 spiro atoms. The maximum absolute atomic E-state index is 13.4. The van der Waals surface area contributed by atoms with Gasteiger partial charge in [0.15, 0.2) is 29.1 Å². The molecule has 1 aromatic heterocycles. The van der Waals surface area contributed by atoms with E-state index < -0.39 is 11.7 Å². The van der Waals surface area contributed by atoms with Gasteiger partial charge in [0.1, 0.15) is 0 Å². The Morgan fingerprint density at radius 3 is 2.95 bits per heavy atom. The Morgan fingerprint density at radius 2 is 2.18 bits per heavy atom. The van der Waals surface area contributed by atoms with Gasteiger partial charge in [-0.15, -0.1) is 0 Å². The van der Waals surface area contributed by atoms with Crippen molar-refractivity contribution in [3.05, 3.63) is 40.7 Å². The molecule has 0 fully saturated rings. The lowest BCUT2D eigenvalue weighted by atomic mass is 10.0. The number of amides is 1. The van der Waals surface area contributed by atoms with Crippen molar-refractivity contribution in [1.29, 1.82) is 0 Å². The summed E-state index contributed by atoms with van der Waals surface area (Å²) >= 11 is 1.17. The van der Waals surface area contributed by atoms with Gasteiger partial charge in [0.2, 0.25) is 0 Å². The van der Waals surface area contributed by atoms with Crippen LogP contribution >= 0.6 is 11.3 Å². The fourth-order valence-electron chi connectivity index (χ4n) is 2.18. The summed E-state index contributed by atoms with van der Waals surface area (Å²) in [7, 11) is 0. The Morgan fingerprint density at radius 1 is 1.36 bits per heavy atom. The van der Waals surface area contributed by atoms with E-state index in [1.54, 1.807) is 12.1 Å². The first-order valence-electron chi connectivity index (χ1n) is 6.83. The van der Waals surface area contributed by atoms with Gasteiger partial charge in [-0.1, -0.05) is 23.5 Å². The lowest BCUT2D eigenvalue weighted by Crippen LogP contribution is -2.20. The number of halogens is 1. The van der Waals surface area contributed by atoms with E-state index in [-0.39, 0.29) is 18.1 Å². The topological polar surface area (TPSA) is 68.3 Å². The third kappa shape index (κ3) is 3.14. The summed E-state index contributed by atoms with van der Waals surface area (Å²) < 4.78 is 18.5. The minimum absolute atomic E-state index is 0.0197. The second-order valence-electron chi connectivity index (χ2n) is 4.84. The normalized spacial score (nSPS) is 13.6. The fourth-order valence-corrected chi connectivity index (χ4v) is 3.18. The van der Waals surface area contributed by atoms with Crippen molar-refractivity contribution in [2.45, 2.75) is 19.3 Å². The summed E-state index contributed by atoms with van der Waals surface area (Å²) in [5.41, 5.74) is 0.742. The lowest BCUT2D eigenvalue weighted by Gasteiger charge is -2.06. The van der Waals surface area contributed by atoms with Gasteiger partial charge >= 0.3 is 0 Å². The quantitative estimate of drug-likeness (QED) is 0.940. The van der Waals surface area contributed by atoms with Gasteiger partial charge in [-0.3, -0.25) is 14.9 Å². The average Bonchev–Trinajstić information content (AvgIpc) is 2.90. The SMILES string of the molecule is O=C(COc1ccccc1F)Nc1nc2c(s1)C(=O)CCC2. The molecule has 3 rings (SSSR count). The number of hydrogen-bond donors (Lipinski definition) is 1. The molecular formula is C15H13FN2O3S. The van der Waals surface area contributed by atoms with Crippen molar-refractivity contribution in [3.63, 3.8) is 0 Å². The van der Waals surface area contributed by atoms with Gasteiger partial charge in [-0.25, -0.2) is 9.37 Å². The molecule has 0 atom stereocenters. The van der Waals surface area contributed by atoms with Crippen LogP contribution in [0.4, 0.5) is 9.52 Å². The van der Waals surface area contributed by atoms with Gasteiger partial charge < -0.3 is 4.74 Å². The van der Waals surface area contributed by atoms with Crippen LogP contribution in [0.1, 0.15) is 28.2 Å². The van der Waals surface area contributed by atoms with E-state index in [9.17, 15) is 14.0 Å². The van der Waals surface area contributed by atoms with Crippen molar-refractivity contribution >= 4 is 28.2 Å². The van der Waals surface area contributed by atoms with E-state index in [0.717, 1.165) is 18.5 Å². The summed E-state index contributed by atoms with van der Waals surface area (Å²) in [4.78, 5) is 28.4. The number of rotatable bonds is 4. The van der Waals surface area contributed by atoms with Gasteiger partial charge in [-0.2, -0.15) is 0 Å². The molecule has 0 saturated carbocycles. The molecule has 1 heterocycles. The molecule has 0 unspecified atom stereocenters. The third-order valence-corrected chi connectivity index (χ3v) is 4.26. The van der Waals surface area contributed by atoms with Crippen molar-refractivity contribution in [2.24, 2.45) is 0 Å². The highest BCUT2D eigenvalue weighted by molar-refractivity contribution is 7.17. The number of anilines is 1. The minimum Gasteiger partial charge on any atom is -0.481 e. The lowest BCUT2D eigenvalue weighted by molar-refractivity contribution is -0.118. The number of aryl methyl sites for hydroxylation is 1. The number of ketones is 1. The second kappa shape index (κ2) is 6.23. The van der Waals surface area contributed by atoms with E-state index >= 15 is 0 Å². The Labute approximate surface area is 130 Å². The van der Waals surface area contributed by atoms with E-state index in [2.05, 4.69) is 10.3 Å². The molecule has 1 aromatic carbocycles. The summed E-state index contributed by atoms with van der Waals surface area (Å²) in [6.07, 6.45) is 2.07. The summed E-state index contributed by atoms with van der Waals surface area (Å²) in [5, 5.41) is 2.96. The molecule has 7 heteroatoms. The highest BCUT2D eigenvalue weighted by atomic mass is 32.1. The minimum atomic E-state index is -0.523. The zero-order chi connectivity index (χ0) is 15.5. The van der Waals surface area contributed by atoms with Gasteiger partial charge in [0, 0.05) is 6.42 Å². The van der Waals surface area contributed by atoms with Crippen LogP contribution in [0.25, 0.3) is 0 Å². The number of carbonyl (C=O) groups is 2. The van der Waals surface area contributed by atoms with Crippen molar-refractivity contribution in [1.82, 2.24) is 4.98 Å². The zero-order valence-corrected chi connectivity index (χ0v) is 12.4. The molecule has 0 saturated heterocycles. The molecule has 0 bridgehead atoms. The molecule has 2 aromatic rings. The summed E-state index contributed by atoms with van der Waals surface area (Å²) in [5.74, 6) is -0.875. The van der Waals surface area contributed by atoms with Crippen molar-refractivity contribution in [3.8, 4) is 5.75 Å². The number of ether oxygens (including phenoxy) is 1. The number of hydrogen-bond acceptors (Lipinski definition) is 5. The zero-order valence-electron chi connectivity index (χ0n) is 11.6. The number of Topliss-reactive ketones (excluding diaryl/α,β-unsaturated/α-hetero) is 1. The van der Waals surface area contributed by atoms with Crippen LogP contribution in [-0.2, 0) is 11.2 Å². The molecule has 5 nitrogen and oxygen atoms in total. The number of carbonyl (C=O) groups excluding carboxylic acids is 2. The summed E-state index contributed by atoms with van der Waals surface area (Å²) in [6.45, 7) is -0.320. The standard InChI is InChI=1S/C15H13FN2O3S/c16-9-4-1-2-7-12(9)21-8-13(20)18-15-17-10-5-3-6-11(19)14(10)22-15/h1-2,4,7H,3,5-6,8H2,(H,17,18,20). The number of aromatic nitrogens is 1. The third-order valence-electron chi connectivity index (χ3n) is 3.21. The Hall–Kier alpha value is -2.28. The van der Waals surface area contributed by atoms with Crippen molar-refractivity contribution < 1.29 is 18.7 Å². The molecular weight excluding hydrogens is 307 g/mol. The van der Waals surface area contributed by atoms with Gasteiger partial charge in [-0.05, 0) is 25.0 Å². The monoisotopic (exact) mass is 320 g/mol. The Kier molecular flexibility index (Phi) is 4.15. The highest BCUT2D eigenvalue weighted by Crippen LogP contribution is 2.29. The Balaban J connectivity index is 1.60. The van der Waals surface area contributed by atoms with Crippen LogP contribution in [0.2, 0.25) is 0 Å². The number of nitrogens with zero attached hydrogens (tertiary/aromatic N) is 1. The number of fused-ring (bicyclic) bond motifs is 1. The molecule has 0 aliphatic heterocycles. The van der Waals surface area contributed by atoms with Gasteiger partial charge in [0.05, 0.1) is 10.6 Å². The van der Waals surface area contributed by atoms with E-state index in [1.807, 2.05) is 0 Å². The van der Waals surface area contributed by atoms with Crippen LogP contribution in [0.15, 0.2) is 24.3 Å². The van der Waals surface area contributed by atoms with Gasteiger partial charge in [0.25, 0.3) is 5.91 Å². The van der Waals surface area contributed by atoms with Crippen LogP contribution in [0.3, 0.4) is 0 Å². The van der Waals surface area contributed by atoms with E-state index in [1.165, 1.54) is 23.5 Å². The largest absolute Gasteiger partial charge is 0.481 e. The van der Waals surface area contributed by atoms with Crippen LogP contribution in [0.5, 0.6) is 5.75 Å². The maximum atomic E-state index is 13.4. The van der Waals surface area contributed by atoms with E-state index in [4.69, 9.17) is 4.74 Å². The first-order valence-corrected chi connectivity index (χ1v) is 7.65. The second-order valence-corrected chi connectivity index (χ2v) is 5.84. The summed E-state index contributed by atoms with van der Waals surface area (Å²) in [6, 6.07) is 5.87. The smallest absolute Gasteiger partial charge is 0.264 e. The predicted octanol–water partition coefficient (Wildman–Crippen LogP) is 2.82. The van der Waals surface area contributed by atoms with Crippen LogP contribution < -0.4 is 10.1 Å². The molecule has 22 heavy (non-hydrogen) atoms. The number of thiazole rings is 1. The number of para-hydroxylation sites is 1. The maximum Gasteiger partial charge on any atom is 0.264 e. The highest BCUT2D eigenvalue weighted by Gasteiger charge is 2.22. The molecule has 1 amide bonds. The first kappa shape index (κ1) is 14.6. The van der Waals surface area contributed by atoms with Crippen LogP contribution in [0, 0.1) is 5.82 Å². The van der Waals surface area contributed by atoms with Crippen LogP contribution in [-0.4, -0.2) is 23.3 Å². The number of benzene rings is 1. The number of nitrogens with one attached hydrogen (secondary N) is 1.